The molecule has 0 N–H and O–H groups in total. The van der Waals surface area contributed by atoms with E-state index in [2.05, 4.69) is 27.3 Å². The molecule has 0 spiro atoms. The number of hydrogen-bond acceptors (Lipinski definition) is 5. The number of para-hydroxylation sites is 1. The predicted octanol–water partition coefficient (Wildman–Crippen LogP) is 0.861. The summed E-state index contributed by atoms with van der Waals surface area (Å²) in [5, 5.41) is 11.9. The van der Waals surface area contributed by atoms with E-state index in [4.69, 9.17) is 0 Å². The van der Waals surface area contributed by atoms with Crippen molar-refractivity contribution in [2.24, 2.45) is 0 Å². The highest BCUT2D eigenvalue weighted by atomic mass is 32.2. The molecule has 0 aliphatic heterocycles. The molecular formula is C13H19N5OS. The van der Waals surface area contributed by atoms with Crippen LogP contribution in [0.25, 0.3) is 5.69 Å². The summed E-state index contributed by atoms with van der Waals surface area (Å²) in [4.78, 5) is 2.10. The van der Waals surface area contributed by atoms with E-state index < -0.39 is 10.8 Å². The minimum absolute atomic E-state index is 0.210. The first-order chi connectivity index (χ1) is 9.58. The topological polar surface area (TPSA) is 63.9 Å². The Bertz CT molecular complexity index is 571. The Morgan fingerprint density at radius 2 is 2.05 bits per heavy atom. The van der Waals surface area contributed by atoms with Crippen LogP contribution < -0.4 is 0 Å². The van der Waals surface area contributed by atoms with Crippen LogP contribution in [0.2, 0.25) is 0 Å². The molecule has 2 aromatic rings. The normalized spacial score (nSPS) is 14.4. The molecule has 0 fully saturated rings. The average molecular weight is 293 g/mol. The average Bonchev–Trinajstić information content (AvgIpc) is 2.87. The molecule has 0 aliphatic rings. The molecule has 2 rings (SSSR count). The fourth-order valence-electron chi connectivity index (χ4n) is 1.92. The summed E-state index contributed by atoms with van der Waals surface area (Å²) in [5.41, 5.74) is 0.938. The highest BCUT2D eigenvalue weighted by Gasteiger charge is 2.15. The molecule has 0 aliphatic carbocycles. The number of hydrogen-bond donors (Lipinski definition) is 0. The van der Waals surface area contributed by atoms with Crippen LogP contribution in [-0.4, -0.2) is 54.4 Å². The van der Waals surface area contributed by atoms with Gasteiger partial charge in [0.25, 0.3) is 0 Å². The predicted molar refractivity (Wildman–Crippen MR) is 79.0 cm³/mol. The molecule has 0 bridgehead atoms. The quantitative estimate of drug-likeness (QED) is 0.790. The molecule has 0 radical (unpaired) electrons. The van der Waals surface area contributed by atoms with Crippen molar-refractivity contribution in [2.45, 2.75) is 19.5 Å². The Kier molecular flexibility index (Phi) is 4.97. The maximum absolute atomic E-state index is 11.3. The van der Waals surface area contributed by atoms with E-state index in [9.17, 15) is 4.21 Å². The van der Waals surface area contributed by atoms with Gasteiger partial charge in [-0.2, -0.15) is 4.68 Å². The largest absolute Gasteiger partial charge is 0.295 e. The summed E-state index contributed by atoms with van der Waals surface area (Å²) in [6.45, 7) is 2.66. The van der Waals surface area contributed by atoms with Gasteiger partial charge in [-0.3, -0.25) is 9.11 Å². The highest BCUT2D eigenvalue weighted by molar-refractivity contribution is 7.84. The molecule has 20 heavy (non-hydrogen) atoms. The standard InChI is InChI=1S/C13H19N5OS/c1-11(10-20(3)19)17(2)9-13-14-15-16-18(13)12-7-5-4-6-8-12/h4-8,11H,9-10H2,1-3H3/t11-,20+/m0/s1. The second kappa shape index (κ2) is 6.71. The first kappa shape index (κ1) is 14.8. The van der Waals surface area contributed by atoms with Crippen molar-refractivity contribution in [1.29, 1.82) is 0 Å². The van der Waals surface area contributed by atoms with Gasteiger partial charge < -0.3 is 0 Å². The maximum Gasteiger partial charge on any atom is 0.170 e. The number of tetrazole rings is 1. The molecule has 0 unspecified atom stereocenters. The van der Waals surface area contributed by atoms with Crippen molar-refractivity contribution in [3.05, 3.63) is 36.2 Å². The second-order valence-electron chi connectivity index (χ2n) is 4.85. The van der Waals surface area contributed by atoms with Gasteiger partial charge in [0.15, 0.2) is 5.82 Å². The fourth-order valence-corrected chi connectivity index (χ4v) is 2.85. The van der Waals surface area contributed by atoms with Crippen LogP contribution in [0.15, 0.2) is 30.3 Å². The Labute approximate surface area is 121 Å². The third kappa shape index (κ3) is 3.71. The van der Waals surface area contributed by atoms with Crippen LogP contribution >= 0.6 is 0 Å². The Hall–Kier alpha value is -1.60. The van der Waals surface area contributed by atoms with Gasteiger partial charge in [0.1, 0.15) is 0 Å². The second-order valence-corrected chi connectivity index (χ2v) is 6.33. The zero-order valence-corrected chi connectivity index (χ0v) is 12.7. The summed E-state index contributed by atoms with van der Waals surface area (Å²) in [6.07, 6.45) is 1.72. The van der Waals surface area contributed by atoms with E-state index in [0.717, 1.165) is 11.5 Å². The van der Waals surface area contributed by atoms with Gasteiger partial charge in [-0.15, -0.1) is 5.10 Å². The smallest absolute Gasteiger partial charge is 0.170 e. The lowest BCUT2D eigenvalue weighted by Crippen LogP contribution is -2.33. The lowest BCUT2D eigenvalue weighted by atomic mass is 10.3. The third-order valence-corrected chi connectivity index (χ3v) is 4.11. The first-order valence-electron chi connectivity index (χ1n) is 6.41. The molecule has 1 heterocycles. The number of nitrogens with zero attached hydrogens (tertiary/aromatic N) is 5. The summed E-state index contributed by atoms with van der Waals surface area (Å²) in [5.74, 6) is 1.41. The molecule has 1 aromatic carbocycles. The minimum Gasteiger partial charge on any atom is -0.295 e. The maximum atomic E-state index is 11.3. The third-order valence-electron chi connectivity index (χ3n) is 3.15. The molecule has 0 saturated heterocycles. The van der Waals surface area contributed by atoms with Gasteiger partial charge in [0.05, 0.1) is 12.2 Å². The Morgan fingerprint density at radius 1 is 1.35 bits per heavy atom. The van der Waals surface area contributed by atoms with Crippen molar-refractivity contribution >= 4 is 10.8 Å². The SMILES string of the molecule is C[C@@H](C[S@@](C)=O)N(C)Cc1nnnn1-c1ccccc1. The van der Waals surface area contributed by atoms with Gasteiger partial charge in [0.2, 0.25) is 0 Å². The van der Waals surface area contributed by atoms with E-state index in [1.165, 1.54) is 0 Å². The lowest BCUT2D eigenvalue weighted by Gasteiger charge is -2.23. The Morgan fingerprint density at radius 3 is 2.70 bits per heavy atom. The molecule has 2 atom stereocenters. The van der Waals surface area contributed by atoms with Crippen LogP contribution in [0, 0.1) is 0 Å². The van der Waals surface area contributed by atoms with Crippen LogP contribution in [0.5, 0.6) is 0 Å². The van der Waals surface area contributed by atoms with Crippen molar-refractivity contribution < 1.29 is 4.21 Å². The van der Waals surface area contributed by atoms with Crippen LogP contribution in [0.3, 0.4) is 0 Å². The summed E-state index contributed by atoms with van der Waals surface area (Å²) in [6, 6.07) is 10.00. The van der Waals surface area contributed by atoms with E-state index in [1.807, 2.05) is 37.4 Å². The molecule has 1 aromatic heterocycles. The fraction of sp³-hybridized carbons (Fsp3) is 0.462. The molecular weight excluding hydrogens is 274 g/mol. The van der Waals surface area contributed by atoms with Crippen molar-refractivity contribution in [2.75, 3.05) is 19.1 Å². The summed E-state index contributed by atoms with van der Waals surface area (Å²) in [7, 11) is 1.18. The van der Waals surface area contributed by atoms with Gasteiger partial charge >= 0.3 is 0 Å². The molecule has 6 nitrogen and oxygen atoms in total. The van der Waals surface area contributed by atoms with Gasteiger partial charge in [-0.1, -0.05) is 18.2 Å². The van der Waals surface area contributed by atoms with Crippen molar-refractivity contribution in [1.82, 2.24) is 25.1 Å². The van der Waals surface area contributed by atoms with Crippen molar-refractivity contribution in [3.8, 4) is 5.69 Å². The van der Waals surface area contributed by atoms with E-state index in [0.29, 0.717) is 12.3 Å². The zero-order valence-electron chi connectivity index (χ0n) is 11.9. The monoisotopic (exact) mass is 293 g/mol. The number of aromatic nitrogens is 4. The zero-order chi connectivity index (χ0) is 14.5. The Balaban J connectivity index is 2.11. The summed E-state index contributed by atoms with van der Waals surface area (Å²) < 4.78 is 13.0. The molecule has 7 heteroatoms. The van der Waals surface area contributed by atoms with E-state index >= 15 is 0 Å². The van der Waals surface area contributed by atoms with Gasteiger partial charge in [0, 0.05) is 28.9 Å². The van der Waals surface area contributed by atoms with Gasteiger partial charge in [-0.25, -0.2) is 0 Å². The first-order valence-corrected chi connectivity index (χ1v) is 8.13. The number of benzene rings is 1. The molecule has 0 amide bonds. The van der Waals surface area contributed by atoms with Crippen LogP contribution in [-0.2, 0) is 17.3 Å². The highest BCUT2D eigenvalue weighted by Crippen LogP contribution is 2.10. The van der Waals surface area contributed by atoms with E-state index in [1.54, 1.807) is 10.9 Å². The van der Waals surface area contributed by atoms with Crippen LogP contribution in [0.1, 0.15) is 12.7 Å². The lowest BCUT2D eigenvalue weighted by molar-refractivity contribution is 0.260. The number of rotatable bonds is 6. The van der Waals surface area contributed by atoms with Crippen LogP contribution in [0.4, 0.5) is 0 Å². The van der Waals surface area contributed by atoms with Gasteiger partial charge in [-0.05, 0) is 36.5 Å². The minimum atomic E-state index is -0.806. The van der Waals surface area contributed by atoms with Crippen molar-refractivity contribution in [3.63, 3.8) is 0 Å². The summed E-state index contributed by atoms with van der Waals surface area (Å²) >= 11 is 0. The van der Waals surface area contributed by atoms with E-state index in [-0.39, 0.29) is 6.04 Å². The molecule has 0 saturated carbocycles. The molecule has 108 valence electrons.